The van der Waals surface area contributed by atoms with Gasteiger partial charge < -0.3 is 15.0 Å². The predicted molar refractivity (Wildman–Crippen MR) is 85.9 cm³/mol. The monoisotopic (exact) mass is 276 g/mol. The van der Waals surface area contributed by atoms with Crippen molar-refractivity contribution in [3.63, 3.8) is 0 Å². The van der Waals surface area contributed by atoms with Crippen LogP contribution in [0.4, 0.5) is 5.69 Å². The van der Waals surface area contributed by atoms with E-state index in [2.05, 4.69) is 42.3 Å². The molecule has 1 aliphatic rings. The number of rotatable bonds is 6. The fourth-order valence-corrected chi connectivity index (χ4v) is 2.63. The molecule has 1 aromatic rings. The molecule has 0 spiro atoms. The minimum absolute atomic E-state index is 0.835. The quantitative estimate of drug-likeness (QED) is 0.806. The van der Waals surface area contributed by atoms with Gasteiger partial charge in [-0.25, -0.2) is 0 Å². The third-order valence-corrected chi connectivity index (χ3v) is 3.87. The first kappa shape index (κ1) is 15.2. The van der Waals surface area contributed by atoms with Crippen molar-refractivity contribution in [3.05, 3.63) is 23.8 Å². The van der Waals surface area contributed by atoms with Crippen molar-refractivity contribution in [2.24, 2.45) is 0 Å². The van der Waals surface area contributed by atoms with Gasteiger partial charge in [0, 0.05) is 25.3 Å². The number of anilines is 1. The zero-order valence-electron chi connectivity index (χ0n) is 13.0. The molecule has 1 heterocycles. The Morgan fingerprint density at radius 3 is 2.90 bits per heavy atom. The SMILES string of the molecule is CCCCCOc1ccc(N2CCCNCC2)cc1C. The van der Waals surface area contributed by atoms with E-state index in [0.29, 0.717) is 0 Å². The van der Waals surface area contributed by atoms with Crippen molar-refractivity contribution in [1.29, 1.82) is 0 Å². The largest absolute Gasteiger partial charge is 0.493 e. The van der Waals surface area contributed by atoms with E-state index in [1.807, 2.05) is 0 Å². The van der Waals surface area contributed by atoms with Crippen LogP contribution < -0.4 is 15.0 Å². The second-order valence-corrected chi connectivity index (χ2v) is 5.60. The van der Waals surface area contributed by atoms with E-state index in [1.165, 1.54) is 30.5 Å². The molecule has 0 saturated carbocycles. The number of nitrogens with one attached hydrogen (secondary N) is 1. The summed E-state index contributed by atoms with van der Waals surface area (Å²) in [7, 11) is 0. The lowest BCUT2D eigenvalue weighted by atomic mass is 10.1. The highest BCUT2D eigenvalue weighted by molar-refractivity contribution is 5.53. The third kappa shape index (κ3) is 4.41. The second-order valence-electron chi connectivity index (χ2n) is 5.60. The topological polar surface area (TPSA) is 24.5 Å². The number of hydrogen-bond acceptors (Lipinski definition) is 3. The summed E-state index contributed by atoms with van der Waals surface area (Å²) >= 11 is 0. The molecule has 2 rings (SSSR count). The molecule has 3 nitrogen and oxygen atoms in total. The smallest absolute Gasteiger partial charge is 0.122 e. The van der Waals surface area contributed by atoms with E-state index in [-0.39, 0.29) is 0 Å². The van der Waals surface area contributed by atoms with E-state index in [0.717, 1.165) is 45.0 Å². The molecule has 1 aliphatic heterocycles. The number of ether oxygens (including phenoxy) is 1. The van der Waals surface area contributed by atoms with Gasteiger partial charge in [-0.05, 0) is 50.1 Å². The molecule has 0 aliphatic carbocycles. The molecular weight excluding hydrogens is 248 g/mol. The maximum Gasteiger partial charge on any atom is 0.122 e. The summed E-state index contributed by atoms with van der Waals surface area (Å²) in [4.78, 5) is 2.47. The Labute approximate surface area is 123 Å². The summed E-state index contributed by atoms with van der Waals surface area (Å²) in [6, 6.07) is 6.60. The average Bonchev–Trinajstić information content (AvgIpc) is 2.74. The fourth-order valence-electron chi connectivity index (χ4n) is 2.63. The van der Waals surface area contributed by atoms with Crippen LogP contribution in [0.3, 0.4) is 0 Å². The molecule has 0 bridgehead atoms. The minimum Gasteiger partial charge on any atom is -0.493 e. The van der Waals surface area contributed by atoms with Crippen LogP contribution in [0.25, 0.3) is 0 Å². The van der Waals surface area contributed by atoms with Crippen molar-refractivity contribution in [1.82, 2.24) is 5.32 Å². The van der Waals surface area contributed by atoms with Crippen LogP contribution >= 0.6 is 0 Å². The molecule has 20 heavy (non-hydrogen) atoms. The Morgan fingerprint density at radius 2 is 2.10 bits per heavy atom. The van der Waals surface area contributed by atoms with Crippen LogP contribution in [0.2, 0.25) is 0 Å². The predicted octanol–water partition coefficient (Wildman–Crippen LogP) is 3.36. The summed E-state index contributed by atoms with van der Waals surface area (Å²) in [6.45, 7) is 9.65. The molecule has 112 valence electrons. The van der Waals surface area contributed by atoms with Gasteiger partial charge in [0.2, 0.25) is 0 Å². The van der Waals surface area contributed by atoms with E-state index >= 15 is 0 Å². The van der Waals surface area contributed by atoms with E-state index in [4.69, 9.17) is 4.74 Å². The first-order chi connectivity index (χ1) is 9.81. The third-order valence-electron chi connectivity index (χ3n) is 3.87. The summed E-state index contributed by atoms with van der Waals surface area (Å²) in [5.41, 5.74) is 2.57. The van der Waals surface area contributed by atoms with Crippen molar-refractivity contribution in [2.75, 3.05) is 37.7 Å². The summed E-state index contributed by atoms with van der Waals surface area (Å²) < 4.78 is 5.88. The number of benzene rings is 1. The highest BCUT2D eigenvalue weighted by Gasteiger charge is 2.10. The average molecular weight is 276 g/mol. The molecule has 3 heteroatoms. The Kier molecular flexibility index (Phi) is 6.19. The summed E-state index contributed by atoms with van der Waals surface area (Å²) in [5, 5.41) is 3.45. The molecule has 1 fully saturated rings. The molecule has 0 unspecified atom stereocenters. The Bertz CT molecular complexity index is 398. The maximum atomic E-state index is 5.88. The first-order valence-electron chi connectivity index (χ1n) is 8.00. The van der Waals surface area contributed by atoms with Gasteiger partial charge in [0.15, 0.2) is 0 Å². The van der Waals surface area contributed by atoms with Crippen molar-refractivity contribution < 1.29 is 4.74 Å². The van der Waals surface area contributed by atoms with Crippen LogP contribution in [0, 0.1) is 6.92 Å². The zero-order valence-corrected chi connectivity index (χ0v) is 13.0. The highest BCUT2D eigenvalue weighted by atomic mass is 16.5. The van der Waals surface area contributed by atoms with Crippen molar-refractivity contribution in [3.8, 4) is 5.75 Å². The van der Waals surface area contributed by atoms with Crippen LogP contribution in [-0.2, 0) is 0 Å². The maximum absolute atomic E-state index is 5.88. The fraction of sp³-hybridized carbons (Fsp3) is 0.647. The second kappa shape index (κ2) is 8.15. The number of hydrogen-bond donors (Lipinski definition) is 1. The van der Waals surface area contributed by atoms with Crippen LogP contribution in [0.1, 0.15) is 38.2 Å². The van der Waals surface area contributed by atoms with E-state index in [1.54, 1.807) is 0 Å². The number of aryl methyl sites for hydroxylation is 1. The lowest BCUT2D eigenvalue weighted by Gasteiger charge is -2.23. The van der Waals surface area contributed by atoms with Crippen molar-refractivity contribution in [2.45, 2.75) is 39.5 Å². The van der Waals surface area contributed by atoms with Gasteiger partial charge in [0.25, 0.3) is 0 Å². The van der Waals surface area contributed by atoms with Gasteiger partial charge in [-0.15, -0.1) is 0 Å². The van der Waals surface area contributed by atoms with Crippen LogP contribution in [0.5, 0.6) is 5.75 Å². The van der Waals surface area contributed by atoms with Gasteiger partial charge in [-0.1, -0.05) is 19.8 Å². The molecule has 1 saturated heterocycles. The van der Waals surface area contributed by atoms with Gasteiger partial charge in [0.05, 0.1) is 6.61 Å². The lowest BCUT2D eigenvalue weighted by Crippen LogP contribution is -2.27. The lowest BCUT2D eigenvalue weighted by molar-refractivity contribution is 0.304. The highest BCUT2D eigenvalue weighted by Crippen LogP contribution is 2.25. The molecule has 1 N–H and O–H groups in total. The van der Waals surface area contributed by atoms with Gasteiger partial charge in [-0.2, -0.15) is 0 Å². The van der Waals surface area contributed by atoms with Crippen LogP contribution in [-0.4, -0.2) is 32.8 Å². The normalized spacial score (nSPS) is 16.0. The van der Waals surface area contributed by atoms with E-state index in [9.17, 15) is 0 Å². The Balaban J connectivity index is 1.94. The number of nitrogens with zero attached hydrogens (tertiary/aromatic N) is 1. The minimum atomic E-state index is 0.835. The summed E-state index contributed by atoms with van der Waals surface area (Å²) in [5.74, 6) is 1.04. The Morgan fingerprint density at radius 1 is 1.20 bits per heavy atom. The van der Waals surface area contributed by atoms with Crippen molar-refractivity contribution >= 4 is 5.69 Å². The van der Waals surface area contributed by atoms with Gasteiger partial charge in [0.1, 0.15) is 5.75 Å². The molecule has 0 amide bonds. The van der Waals surface area contributed by atoms with Gasteiger partial charge >= 0.3 is 0 Å². The van der Waals surface area contributed by atoms with E-state index < -0.39 is 0 Å². The van der Waals surface area contributed by atoms with Crippen LogP contribution in [0.15, 0.2) is 18.2 Å². The summed E-state index contributed by atoms with van der Waals surface area (Å²) in [6.07, 6.45) is 4.85. The molecule has 1 aromatic carbocycles. The number of unbranched alkanes of at least 4 members (excludes halogenated alkanes) is 2. The molecule has 0 aromatic heterocycles. The molecule has 0 atom stereocenters. The molecule has 0 radical (unpaired) electrons. The zero-order chi connectivity index (χ0) is 14.2. The molecular formula is C17H28N2O. The Hall–Kier alpha value is -1.22. The first-order valence-corrected chi connectivity index (χ1v) is 8.00. The standard InChI is InChI=1S/C17H28N2O/c1-3-4-5-13-20-17-8-7-16(14-15(17)2)19-11-6-9-18-10-12-19/h7-8,14,18H,3-6,9-13H2,1-2H3. The van der Waals surface area contributed by atoms with Gasteiger partial charge in [-0.3, -0.25) is 0 Å².